The van der Waals surface area contributed by atoms with Gasteiger partial charge in [0.15, 0.2) is 11.5 Å². The van der Waals surface area contributed by atoms with Crippen LogP contribution < -0.4 is 9.47 Å². The molecular formula is C22H17ClN4O2. The molecule has 4 rings (SSSR count). The molecule has 0 atom stereocenters. The highest BCUT2D eigenvalue weighted by molar-refractivity contribution is 6.34. The maximum atomic E-state index is 9.55. The van der Waals surface area contributed by atoms with Gasteiger partial charge in [0.05, 0.1) is 35.9 Å². The summed E-state index contributed by atoms with van der Waals surface area (Å²) in [6.45, 7) is 0. The first kappa shape index (κ1) is 18.8. The molecule has 0 unspecified atom stereocenters. The van der Waals surface area contributed by atoms with Crippen molar-refractivity contribution in [3.05, 3.63) is 70.6 Å². The monoisotopic (exact) mass is 404 g/mol. The maximum Gasteiger partial charge on any atom is 0.162 e. The van der Waals surface area contributed by atoms with Gasteiger partial charge in [0, 0.05) is 24.2 Å². The van der Waals surface area contributed by atoms with Gasteiger partial charge >= 0.3 is 0 Å². The molecule has 1 N–H and O–H groups in total. The summed E-state index contributed by atoms with van der Waals surface area (Å²) in [6.07, 6.45) is 2.18. The molecule has 0 spiro atoms. The van der Waals surface area contributed by atoms with E-state index in [1.165, 1.54) is 0 Å². The van der Waals surface area contributed by atoms with E-state index < -0.39 is 0 Å². The fourth-order valence-electron chi connectivity index (χ4n) is 3.26. The Morgan fingerprint density at radius 3 is 2.48 bits per heavy atom. The van der Waals surface area contributed by atoms with Gasteiger partial charge in [0.25, 0.3) is 0 Å². The van der Waals surface area contributed by atoms with E-state index >= 15 is 0 Å². The number of H-pyrrole nitrogens is 1. The first-order chi connectivity index (χ1) is 14.1. The van der Waals surface area contributed by atoms with Crippen molar-refractivity contribution in [2.24, 2.45) is 0 Å². The molecule has 29 heavy (non-hydrogen) atoms. The van der Waals surface area contributed by atoms with Crippen molar-refractivity contribution >= 4 is 22.6 Å². The lowest BCUT2D eigenvalue weighted by Gasteiger charge is -2.13. The van der Waals surface area contributed by atoms with Gasteiger partial charge in [-0.3, -0.25) is 0 Å². The van der Waals surface area contributed by atoms with E-state index in [1.807, 2.05) is 30.3 Å². The molecule has 0 fully saturated rings. The van der Waals surface area contributed by atoms with Crippen LogP contribution in [0.4, 0.5) is 0 Å². The number of halogens is 1. The molecule has 0 saturated carbocycles. The Kier molecular flexibility index (Phi) is 5.07. The van der Waals surface area contributed by atoms with Crippen molar-refractivity contribution in [1.29, 1.82) is 5.26 Å². The zero-order chi connectivity index (χ0) is 20.4. The van der Waals surface area contributed by atoms with Gasteiger partial charge in [-0.25, -0.2) is 9.97 Å². The fraction of sp³-hybridized carbons (Fsp3) is 0.136. The van der Waals surface area contributed by atoms with E-state index in [-0.39, 0.29) is 0 Å². The Morgan fingerprint density at radius 2 is 1.79 bits per heavy atom. The third-order valence-electron chi connectivity index (χ3n) is 4.63. The van der Waals surface area contributed by atoms with Crippen LogP contribution in [0.15, 0.2) is 48.7 Å². The van der Waals surface area contributed by atoms with Crippen LogP contribution >= 0.6 is 11.6 Å². The van der Waals surface area contributed by atoms with E-state index in [9.17, 15) is 5.26 Å². The second-order valence-electron chi connectivity index (χ2n) is 6.38. The highest BCUT2D eigenvalue weighted by Crippen LogP contribution is 2.40. The Hall–Kier alpha value is -3.56. The molecule has 0 radical (unpaired) electrons. The molecule has 0 amide bonds. The van der Waals surface area contributed by atoms with Gasteiger partial charge in [-0.2, -0.15) is 5.26 Å². The van der Waals surface area contributed by atoms with Gasteiger partial charge in [-0.15, -0.1) is 0 Å². The fourth-order valence-corrected chi connectivity index (χ4v) is 3.50. The van der Waals surface area contributed by atoms with E-state index in [4.69, 9.17) is 26.1 Å². The van der Waals surface area contributed by atoms with Crippen molar-refractivity contribution in [3.8, 4) is 28.8 Å². The first-order valence-corrected chi connectivity index (χ1v) is 9.26. The van der Waals surface area contributed by atoms with Crippen LogP contribution in [0.5, 0.6) is 11.5 Å². The van der Waals surface area contributed by atoms with Crippen molar-refractivity contribution in [1.82, 2.24) is 15.0 Å². The molecule has 0 aliphatic carbocycles. The van der Waals surface area contributed by atoms with Crippen LogP contribution in [0, 0.1) is 11.3 Å². The number of benzene rings is 2. The molecule has 2 aromatic heterocycles. The van der Waals surface area contributed by atoms with Crippen molar-refractivity contribution in [2.75, 3.05) is 14.2 Å². The van der Waals surface area contributed by atoms with Crippen LogP contribution in [0.1, 0.15) is 17.0 Å². The molecule has 0 aliphatic rings. The quantitative estimate of drug-likeness (QED) is 0.518. The molecule has 0 aliphatic heterocycles. The van der Waals surface area contributed by atoms with Gasteiger partial charge in [0.1, 0.15) is 17.5 Å². The largest absolute Gasteiger partial charge is 0.493 e. The summed E-state index contributed by atoms with van der Waals surface area (Å²) in [5.74, 6) is 1.67. The average Bonchev–Trinajstić information content (AvgIpc) is 3.17. The lowest BCUT2D eigenvalue weighted by atomic mass is 10.0. The average molecular weight is 405 g/mol. The molecule has 0 bridgehead atoms. The van der Waals surface area contributed by atoms with Crippen molar-refractivity contribution in [2.45, 2.75) is 6.42 Å². The number of nitrogens with zero attached hydrogens (tertiary/aromatic N) is 3. The molecule has 7 heteroatoms. The second-order valence-corrected chi connectivity index (χ2v) is 6.78. The maximum absolute atomic E-state index is 9.55. The summed E-state index contributed by atoms with van der Waals surface area (Å²) in [7, 11) is 3.11. The molecule has 0 saturated heterocycles. The number of hydrogen-bond donors (Lipinski definition) is 1. The highest BCUT2D eigenvalue weighted by atomic mass is 35.5. The third-order valence-corrected chi connectivity index (χ3v) is 4.94. The smallest absolute Gasteiger partial charge is 0.162 e. The van der Waals surface area contributed by atoms with Crippen molar-refractivity contribution < 1.29 is 9.47 Å². The summed E-state index contributed by atoms with van der Waals surface area (Å²) in [5.41, 5.74) is 3.34. The summed E-state index contributed by atoms with van der Waals surface area (Å²) in [5, 5.41) is 10.6. The van der Waals surface area contributed by atoms with Crippen LogP contribution in [0.3, 0.4) is 0 Å². The Labute approximate surface area is 172 Å². The topological polar surface area (TPSA) is 83.8 Å². The van der Waals surface area contributed by atoms with Gasteiger partial charge < -0.3 is 14.5 Å². The van der Waals surface area contributed by atoms with Gasteiger partial charge in [-0.05, 0) is 11.6 Å². The molecular weight excluding hydrogens is 388 g/mol. The molecule has 2 heterocycles. The Balaban J connectivity index is 1.95. The number of fused-ring (bicyclic) bond motifs is 1. The number of aromatic amines is 1. The number of nitrogens with one attached hydrogen (secondary N) is 1. The zero-order valence-electron chi connectivity index (χ0n) is 15.9. The Bertz CT molecular complexity index is 1230. The normalized spacial score (nSPS) is 10.7. The zero-order valence-corrected chi connectivity index (χ0v) is 16.6. The molecule has 144 valence electrons. The lowest BCUT2D eigenvalue weighted by Crippen LogP contribution is -2.01. The molecule has 6 nitrogen and oxygen atoms in total. The minimum absolute atomic E-state index is 0.443. The summed E-state index contributed by atoms with van der Waals surface area (Å²) in [6, 6.07) is 15.6. The molecule has 2 aromatic carbocycles. The van der Waals surface area contributed by atoms with E-state index in [2.05, 4.69) is 16.0 Å². The third kappa shape index (κ3) is 3.48. The standard InChI is InChI=1S/C22H17ClN4O2/c1-28-17-9-15(16(23)10-18(17)29-2)21-20-14(11-24)12-25-22(20)27-19(26-21)8-13-6-4-3-5-7-13/h3-7,9-10,12H,8H2,1-2H3,(H,25,26,27). The van der Waals surface area contributed by atoms with Crippen LogP contribution in [0.2, 0.25) is 5.02 Å². The van der Waals surface area contributed by atoms with Crippen molar-refractivity contribution in [3.63, 3.8) is 0 Å². The van der Waals surface area contributed by atoms with Gasteiger partial charge in [-0.1, -0.05) is 41.9 Å². The summed E-state index contributed by atoms with van der Waals surface area (Å²) < 4.78 is 10.8. The van der Waals surface area contributed by atoms with Crippen LogP contribution in [-0.2, 0) is 6.42 Å². The minimum atomic E-state index is 0.443. The van der Waals surface area contributed by atoms with Crippen LogP contribution in [0.25, 0.3) is 22.3 Å². The first-order valence-electron chi connectivity index (χ1n) is 8.88. The number of nitriles is 1. The summed E-state index contributed by atoms with van der Waals surface area (Å²) in [4.78, 5) is 12.5. The van der Waals surface area contributed by atoms with E-state index in [1.54, 1.807) is 32.5 Å². The molecule has 4 aromatic rings. The number of rotatable bonds is 5. The predicted octanol–water partition coefficient (Wildman–Crippen LogP) is 4.76. The number of hydrogen-bond acceptors (Lipinski definition) is 5. The number of ether oxygens (including phenoxy) is 2. The predicted molar refractivity (Wildman–Crippen MR) is 111 cm³/mol. The highest BCUT2D eigenvalue weighted by Gasteiger charge is 2.20. The SMILES string of the molecule is COc1cc(Cl)c(-c2nc(Cc3ccccc3)nc3[nH]cc(C#N)c23)cc1OC. The Morgan fingerprint density at radius 1 is 1.07 bits per heavy atom. The van der Waals surface area contributed by atoms with E-state index in [0.717, 1.165) is 5.56 Å². The number of methoxy groups -OCH3 is 2. The minimum Gasteiger partial charge on any atom is -0.493 e. The van der Waals surface area contributed by atoms with E-state index in [0.29, 0.717) is 56.6 Å². The van der Waals surface area contributed by atoms with Gasteiger partial charge in [0.2, 0.25) is 0 Å². The second kappa shape index (κ2) is 7.82. The summed E-state index contributed by atoms with van der Waals surface area (Å²) >= 11 is 6.56. The van der Waals surface area contributed by atoms with Crippen LogP contribution in [-0.4, -0.2) is 29.2 Å². The number of aromatic nitrogens is 3. The lowest BCUT2D eigenvalue weighted by molar-refractivity contribution is 0.355.